The number of carbonyl (C=O) groups is 2. The van der Waals surface area contributed by atoms with Crippen molar-refractivity contribution in [1.29, 1.82) is 0 Å². The molecule has 2 amide bonds. The molecular formula is C22H20N2O4. The van der Waals surface area contributed by atoms with Gasteiger partial charge in [0, 0.05) is 5.69 Å². The summed E-state index contributed by atoms with van der Waals surface area (Å²) in [5.74, 6) is 0. The van der Waals surface area contributed by atoms with Gasteiger partial charge < -0.3 is 15.2 Å². The summed E-state index contributed by atoms with van der Waals surface area (Å²) in [5.41, 5.74) is 2.91. The molecule has 0 bridgehead atoms. The third-order valence-electron chi connectivity index (χ3n) is 4.08. The highest BCUT2D eigenvalue weighted by molar-refractivity contribution is 5.84. The number of hydrogen-bond donors (Lipinski definition) is 3. The first-order valence-electron chi connectivity index (χ1n) is 8.74. The monoisotopic (exact) mass is 376 g/mol. The molecule has 3 aromatic carbocycles. The maximum atomic E-state index is 12.1. The Labute approximate surface area is 162 Å². The predicted octanol–water partition coefficient (Wildman–Crippen LogP) is 4.79. The fourth-order valence-electron chi connectivity index (χ4n) is 2.80. The van der Waals surface area contributed by atoms with Gasteiger partial charge in [-0.15, -0.1) is 0 Å². The molecule has 142 valence electrons. The Bertz CT molecular complexity index is 930. The third-order valence-corrected chi connectivity index (χ3v) is 4.08. The first kappa shape index (κ1) is 19.0. The van der Waals surface area contributed by atoms with Gasteiger partial charge in [-0.1, -0.05) is 72.8 Å². The first-order chi connectivity index (χ1) is 13.6. The molecule has 0 aromatic heterocycles. The zero-order valence-corrected chi connectivity index (χ0v) is 15.0. The van der Waals surface area contributed by atoms with Crippen LogP contribution in [-0.2, 0) is 11.3 Å². The van der Waals surface area contributed by atoms with Crippen LogP contribution in [0.25, 0.3) is 0 Å². The van der Waals surface area contributed by atoms with Crippen molar-refractivity contribution in [2.45, 2.75) is 12.6 Å². The van der Waals surface area contributed by atoms with E-state index in [1.807, 2.05) is 60.7 Å². The standard InChI is InChI=1S/C22H20N2O4/c25-21(26)24-20(17-10-5-2-6-11-17)18-12-7-13-19(14-18)23-22(27)28-15-16-8-3-1-4-9-16/h1-14,20,24H,15H2,(H,23,27)(H,25,26)/t20-/m0/s1. The molecule has 6 heteroatoms. The Morgan fingerprint density at radius 2 is 1.50 bits per heavy atom. The quantitative estimate of drug-likeness (QED) is 0.577. The first-order valence-corrected chi connectivity index (χ1v) is 8.74. The third kappa shape index (κ3) is 5.35. The van der Waals surface area contributed by atoms with Crippen LogP contribution in [0.4, 0.5) is 15.3 Å². The summed E-state index contributed by atoms with van der Waals surface area (Å²) in [7, 11) is 0. The molecule has 0 heterocycles. The van der Waals surface area contributed by atoms with Crippen molar-refractivity contribution in [3.05, 3.63) is 102 Å². The second kappa shape index (κ2) is 9.23. The Balaban J connectivity index is 1.71. The summed E-state index contributed by atoms with van der Waals surface area (Å²) in [4.78, 5) is 23.3. The van der Waals surface area contributed by atoms with Crippen molar-refractivity contribution in [1.82, 2.24) is 5.32 Å². The van der Waals surface area contributed by atoms with Crippen molar-refractivity contribution >= 4 is 17.9 Å². The van der Waals surface area contributed by atoms with Crippen molar-refractivity contribution in [3.63, 3.8) is 0 Å². The molecule has 0 aliphatic heterocycles. The minimum Gasteiger partial charge on any atom is -0.465 e. The molecule has 3 aromatic rings. The van der Waals surface area contributed by atoms with E-state index in [0.717, 1.165) is 11.1 Å². The maximum absolute atomic E-state index is 12.1. The largest absolute Gasteiger partial charge is 0.465 e. The fraction of sp³-hybridized carbons (Fsp3) is 0.0909. The minimum absolute atomic E-state index is 0.166. The van der Waals surface area contributed by atoms with Crippen LogP contribution in [0.2, 0.25) is 0 Å². The number of carbonyl (C=O) groups excluding carboxylic acids is 1. The minimum atomic E-state index is -1.13. The highest BCUT2D eigenvalue weighted by atomic mass is 16.5. The molecule has 28 heavy (non-hydrogen) atoms. The van der Waals surface area contributed by atoms with Crippen molar-refractivity contribution in [3.8, 4) is 0 Å². The number of ether oxygens (including phenoxy) is 1. The van der Waals surface area contributed by atoms with Gasteiger partial charge in [-0.2, -0.15) is 0 Å². The Morgan fingerprint density at radius 1 is 0.857 bits per heavy atom. The highest BCUT2D eigenvalue weighted by Crippen LogP contribution is 2.24. The lowest BCUT2D eigenvalue weighted by Gasteiger charge is -2.19. The zero-order chi connectivity index (χ0) is 19.8. The van der Waals surface area contributed by atoms with E-state index in [4.69, 9.17) is 4.74 Å². The normalized spacial score (nSPS) is 11.3. The number of nitrogens with one attached hydrogen (secondary N) is 2. The summed E-state index contributed by atoms with van der Waals surface area (Å²) in [6, 6.07) is 25.0. The molecule has 3 N–H and O–H groups in total. The van der Waals surface area contributed by atoms with Gasteiger partial charge in [0.2, 0.25) is 0 Å². The van der Waals surface area contributed by atoms with Gasteiger partial charge in [0.05, 0.1) is 6.04 Å². The summed E-state index contributed by atoms with van der Waals surface area (Å²) in [5, 5.41) is 14.4. The maximum Gasteiger partial charge on any atom is 0.411 e. The second-order valence-corrected chi connectivity index (χ2v) is 6.11. The van der Waals surface area contributed by atoms with Crippen LogP contribution in [0.5, 0.6) is 0 Å². The topological polar surface area (TPSA) is 87.7 Å². The van der Waals surface area contributed by atoms with Crippen LogP contribution in [0, 0.1) is 0 Å². The Kier molecular flexibility index (Phi) is 6.25. The number of carboxylic acid groups (broad SMARTS) is 1. The molecule has 6 nitrogen and oxygen atoms in total. The van der Waals surface area contributed by atoms with Gasteiger partial charge in [0.1, 0.15) is 6.61 Å². The highest BCUT2D eigenvalue weighted by Gasteiger charge is 2.17. The van der Waals surface area contributed by atoms with Crippen LogP contribution < -0.4 is 10.6 Å². The number of hydrogen-bond acceptors (Lipinski definition) is 3. The Hall–Kier alpha value is -3.80. The van der Waals surface area contributed by atoms with Crippen molar-refractivity contribution < 1.29 is 19.4 Å². The van der Waals surface area contributed by atoms with Gasteiger partial charge in [0.15, 0.2) is 0 Å². The lowest BCUT2D eigenvalue weighted by Crippen LogP contribution is -2.27. The van der Waals surface area contributed by atoms with E-state index in [-0.39, 0.29) is 6.61 Å². The summed E-state index contributed by atoms with van der Waals surface area (Å²) in [6.07, 6.45) is -1.71. The van der Waals surface area contributed by atoms with E-state index < -0.39 is 18.2 Å². The number of amides is 2. The smallest absolute Gasteiger partial charge is 0.411 e. The SMILES string of the molecule is O=C(O)N[C@@H](c1ccccc1)c1cccc(NC(=O)OCc2ccccc2)c1. The average molecular weight is 376 g/mol. The lowest BCUT2D eigenvalue weighted by atomic mass is 9.98. The molecule has 0 aliphatic rings. The summed E-state index contributed by atoms with van der Waals surface area (Å²) < 4.78 is 5.22. The van der Waals surface area contributed by atoms with E-state index in [1.54, 1.807) is 24.3 Å². The summed E-state index contributed by atoms with van der Waals surface area (Å²) >= 11 is 0. The van der Waals surface area contributed by atoms with Gasteiger partial charge >= 0.3 is 12.2 Å². The van der Waals surface area contributed by atoms with Gasteiger partial charge in [-0.05, 0) is 28.8 Å². The molecule has 0 saturated heterocycles. The molecule has 3 rings (SSSR count). The van der Waals surface area contributed by atoms with Gasteiger partial charge in [-0.3, -0.25) is 5.32 Å². The van der Waals surface area contributed by atoms with E-state index >= 15 is 0 Å². The van der Waals surface area contributed by atoms with E-state index in [9.17, 15) is 14.7 Å². The fourth-order valence-corrected chi connectivity index (χ4v) is 2.80. The lowest BCUT2D eigenvalue weighted by molar-refractivity contribution is 0.155. The number of rotatable bonds is 6. The molecule has 0 spiro atoms. The van der Waals surface area contributed by atoms with E-state index in [2.05, 4.69) is 10.6 Å². The molecule has 1 atom stereocenters. The zero-order valence-electron chi connectivity index (χ0n) is 15.0. The van der Waals surface area contributed by atoms with Crippen LogP contribution in [0.15, 0.2) is 84.9 Å². The second-order valence-electron chi connectivity index (χ2n) is 6.11. The number of anilines is 1. The van der Waals surface area contributed by atoms with Crippen LogP contribution >= 0.6 is 0 Å². The molecule has 0 unspecified atom stereocenters. The van der Waals surface area contributed by atoms with E-state index in [1.165, 1.54) is 0 Å². The average Bonchev–Trinajstić information content (AvgIpc) is 2.72. The van der Waals surface area contributed by atoms with Crippen LogP contribution in [-0.4, -0.2) is 17.3 Å². The van der Waals surface area contributed by atoms with Crippen molar-refractivity contribution in [2.75, 3.05) is 5.32 Å². The molecule has 0 fully saturated rings. The summed E-state index contributed by atoms with van der Waals surface area (Å²) in [6.45, 7) is 0.166. The molecule has 0 radical (unpaired) electrons. The van der Waals surface area contributed by atoms with Crippen LogP contribution in [0.1, 0.15) is 22.7 Å². The predicted molar refractivity (Wildman–Crippen MR) is 106 cm³/mol. The number of benzene rings is 3. The van der Waals surface area contributed by atoms with Gasteiger partial charge in [-0.25, -0.2) is 9.59 Å². The van der Waals surface area contributed by atoms with Crippen molar-refractivity contribution in [2.24, 2.45) is 0 Å². The van der Waals surface area contributed by atoms with Gasteiger partial charge in [0.25, 0.3) is 0 Å². The molecule has 0 saturated carbocycles. The molecular weight excluding hydrogens is 356 g/mol. The molecule has 0 aliphatic carbocycles. The Morgan fingerprint density at radius 3 is 2.18 bits per heavy atom. The van der Waals surface area contributed by atoms with Crippen LogP contribution in [0.3, 0.4) is 0 Å². The van der Waals surface area contributed by atoms with E-state index in [0.29, 0.717) is 11.3 Å².